The fraction of sp³-hybridized carbons (Fsp3) is 0.304. The Kier molecular flexibility index (Phi) is 4.41. The summed E-state index contributed by atoms with van der Waals surface area (Å²) >= 11 is 1.18. The summed E-state index contributed by atoms with van der Waals surface area (Å²) in [5, 5.41) is 3.51. The van der Waals surface area contributed by atoms with Crippen LogP contribution in [0.5, 0.6) is 0 Å². The maximum Gasteiger partial charge on any atom is 0.271 e. The van der Waals surface area contributed by atoms with Crippen molar-refractivity contribution in [2.75, 3.05) is 0 Å². The minimum absolute atomic E-state index is 0.109. The molecular weight excluding hydrogens is 401 g/mol. The first kappa shape index (κ1) is 19.2. The Hall–Kier alpha value is -2.77. The first-order valence-corrected chi connectivity index (χ1v) is 11.0. The number of aromatic nitrogens is 2. The lowest BCUT2D eigenvalue weighted by molar-refractivity contribution is 0.621. The van der Waals surface area contributed by atoms with Gasteiger partial charge in [0.15, 0.2) is 0 Å². The van der Waals surface area contributed by atoms with Crippen molar-refractivity contribution in [2.24, 2.45) is 0 Å². The Morgan fingerprint density at radius 3 is 2.87 bits per heavy atom. The highest BCUT2D eigenvalue weighted by Crippen LogP contribution is 2.35. The van der Waals surface area contributed by atoms with E-state index < -0.39 is 16.9 Å². The van der Waals surface area contributed by atoms with Gasteiger partial charge in [-0.1, -0.05) is 37.5 Å². The highest BCUT2D eigenvalue weighted by atomic mass is 32.1. The lowest BCUT2D eigenvalue weighted by atomic mass is 9.94. The number of hydrogen-bond donors (Lipinski definition) is 2. The molecule has 2 N–H and O–H groups in total. The molecule has 4 heterocycles. The molecule has 5 rings (SSSR count). The van der Waals surface area contributed by atoms with E-state index >= 15 is 4.39 Å². The number of aromatic amines is 1. The summed E-state index contributed by atoms with van der Waals surface area (Å²) in [6, 6.07) is 8.05. The van der Waals surface area contributed by atoms with E-state index in [1.807, 2.05) is 18.2 Å². The molecule has 0 spiro atoms. The molecule has 1 aromatic carbocycles. The van der Waals surface area contributed by atoms with Gasteiger partial charge < -0.3 is 5.32 Å². The summed E-state index contributed by atoms with van der Waals surface area (Å²) in [4.78, 5) is 25.3. The smallest absolute Gasteiger partial charge is 0.271 e. The van der Waals surface area contributed by atoms with Gasteiger partial charge in [0.2, 0.25) is 0 Å². The first-order valence-electron chi connectivity index (χ1n) is 10.2. The number of halogens is 1. The van der Waals surface area contributed by atoms with E-state index in [0.29, 0.717) is 15.8 Å². The molecule has 0 fully saturated rings. The van der Waals surface area contributed by atoms with Crippen molar-refractivity contribution in [2.45, 2.75) is 45.7 Å². The van der Waals surface area contributed by atoms with Crippen LogP contribution in [0.3, 0.4) is 0 Å². The zero-order valence-electron chi connectivity index (χ0n) is 17.0. The van der Waals surface area contributed by atoms with Crippen LogP contribution in [0.2, 0.25) is 0 Å². The molecule has 2 unspecified atom stereocenters. The highest BCUT2D eigenvalue weighted by Gasteiger charge is 2.23. The van der Waals surface area contributed by atoms with Crippen LogP contribution in [0.4, 0.5) is 4.39 Å². The molecule has 0 radical (unpaired) electrons. The topological polar surface area (TPSA) is 66.4 Å². The van der Waals surface area contributed by atoms with Crippen LogP contribution in [0.25, 0.3) is 26.7 Å². The van der Waals surface area contributed by atoms with Gasteiger partial charge in [0.1, 0.15) is 11.2 Å². The predicted octanol–water partition coefficient (Wildman–Crippen LogP) is 4.69. The Morgan fingerprint density at radius 1 is 1.30 bits per heavy atom. The highest BCUT2D eigenvalue weighted by molar-refractivity contribution is 7.13. The number of nitrogens with one attached hydrogen (secondary N) is 2. The van der Waals surface area contributed by atoms with E-state index in [4.69, 9.17) is 0 Å². The number of fused-ring (bicyclic) bond motifs is 3. The lowest BCUT2D eigenvalue weighted by Gasteiger charge is -2.16. The van der Waals surface area contributed by atoms with Crippen molar-refractivity contribution >= 4 is 27.1 Å². The molecular formula is C23H22FN3O2S. The van der Waals surface area contributed by atoms with E-state index in [9.17, 15) is 9.59 Å². The Balaban J connectivity index is 1.84. The average molecular weight is 424 g/mol. The number of nitrogens with zero attached hydrogens (tertiary/aromatic N) is 1. The molecule has 5 nitrogen and oxygen atoms in total. The van der Waals surface area contributed by atoms with Gasteiger partial charge in [-0.3, -0.25) is 18.4 Å². The summed E-state index contributed by atoms with van der Waals surface area (Å²) in [6.45, 7) is 7.00. The van der Waals surface area contributed by atoms with Crippen LogP contribution >= 0.6 is 11.5 Å². The van der Waals surface area contributed by atoms with E-state index in [0.717, 1.165) is 29.7 Å². The zero-order valence-corrected chi connectivity index (χ0v) is 17.8. The van der Waals surface area contributed by atoms with Gasteiger partial charge in [-0.25, -0.2) is 4.39 Å². The maximum atomic E-state index is 15.2. The zero-order chi connectivity index (χ0) is 21.2. The van der Waals surface area contributed by atoms with Crippen LogP contribution in [0, 0.1) is 5.82 Å². The average Bonchev–Trinajstić information content (AvgIpc) is 3.30. The molecule has 0 bridgehead atoms. The summed E-state index contributed by atoms with van der Waals surface area (Å²) in [7, 11) is 0. The van der Waals surface area contributed by atoms with E-state index in [1.165, 1.54) is 27.7 Å². The molecule has 1 aliphatic heterocycles. The number of H-pyrrole nitrogens is 1. The molecule has 7 heteroatoms. The van der Waals surface area contributed by atoms with Crippen molar-refractivity contribution in [3.63, 3.8) is 0 Å². The van der Waals surface area contributed by atoms with Crippen molar-refractivity contribution in [1.29, 1.82) is 0 Å². The van der Waals surface area contributed by atoms with Crippen LogP contribution < -0.4 is 16.4 Å². The summed E-state index contributed by atoms with van der Waals surface area (Å²) in [5.74, 6) is -0.373. The second-order valence-corrected chi connectivity index (χ2v) is 8.89. The van der Waals surface area contributed by atoms with Crippen molar-refractivity contribution in [1.82, 2.24) is 14.1 Å². The largest absolute Gasteiger partial charge is 0.306 e. The Labute approximate surface area is 176 Å². The number of hydrogen-bond acceptors (Lipinski definition) is 4. The van der Waals surface area contributed by atoms with Crippen LogP contribution in [-0.4, -0.2) is 8.77 Å². The van der Waals surface area contributed by atoms with Crippen molar-refractivity contribution in [3.05, 3.63) is 73.7 Å². The van der Waals surface area contributed by atoms with Gasteiger partial charge in [-0.2, -0.15) is 0 Å². The van der Waals surface area contributed by atoms with E-state index in [2.05, 4.69) is 30.5 Å². The molecule has 2 atom stereocenters. The normalized spacial score (nSPS) is 17.0. The van der Waals surface area contributed by atoms with Crippen molar-refractivity contribution in [3.8, 4) is 11.1 Å². The minimum Gasteiger partial charge on any atom is -0.306 e. The molecule has 154 valence electrons. The predicted molar refractivity (Wildman–Crippen MR) is 119 cm³/mol. The molecule has 30 heavy (non-hydrogen) atoms. The molecule has 4 aromatic rings. The molecule has 0 amide bonds. The van der Waals surface area contributed by atoms with Crippen LogP contribution in [-0.2, 0) is 6.54 Å². The second-order valence-electron chi connectivity index (χ2n) is 8.07. The van der Waals surface area contributed by atoms with E-state index in [1.54, 1.807) is 6.07 Å². The minimum atomic E-state index is -0.482. The fourth-order valence-corrected chi connectivity index (χ4v) is 5.44. The number of benzene rings is 1. The van der Waals surface area contributed by atoms with Gasteiger partial charge in [-0.05, 0) is 53.6 Å². The number of rotatable bonds is 3. The van der Waals surface area contributed by atoms with Crippen LogP contribution in [0.15, 0.2) is 40.1 Å². The van der Waals surface area contributed by atoms with E-state index in [-0.39, 0.29) is 17.3 Å². The SMILES string of the molecule is CCC(C)c1c2s[nH]c(=O)c2c(=O)n2cc(F)c(-c3ccc4c(c3)CNC4C)cc12. The third-order valence-corrected chi connectivity index (χ3v) is 7.23. The molecule has 0 aliphatic carbocycles. The van der Waals surface area contributed by atoms with Gasteiger partial charge in [0.05, 0.1) is 10.2 Å². The maximum absolute atomic E-state index is 15.2. The first-order chi connectivity index (χ1) is 14.4. The molecule has 1 aliphatic rings. The summed E-state index contributed by atoms with van der Waals surface area (Å²) in [6.07, 6.45) is 2.06. The third kappa shape index (κ3) is 2.69. The summed E-state index contributed by atoms with van der Waals surface area (Å²) < 4.78 is 19.8. The second kappa shape index (κ2) is 6.89. The molecule has 0 saturated heterocycles. The summed E-state index contributed by atoms with van der Waals surface area (Å²) in [5.41, 5.74) is 4.32. The Morgan fingerprint density at radius 2 is 2.10 bits per heavy atom. The van der Waals surface area contributed by atoms with Gasteiger partial charge in [0.25, 0.3) is 11.1 Å². The van der Waals surface area contributed by atoms with Crippen LogP contribution in [0.1, 0.15) is 55.8 Å². The van der Waals surface area contributed by atoms with Gasteiger partial charge >= 0.3 is 0 Å². The quantitative estimate of drug-likeness (QED) is 0.503. The molecule has 3 aromatic heterocycles. The standard InChI is InChI=1S/C23H22FN3O2S/c1-4-11(2)19-18-8-16(13-5-6-15-12(3)25-9-14(15)7-13)17(24)10-27(18)23(29)20-21(19)30-26-22(20)28/h5-8,10-12,25H,4,9H2,1-3H3,(H,26,28). The van der Waals surface area contributed by atoms with Gasteiger partial charge in [0, 0.05) is 24.3 Å². The third-order valence-electron chi connectivity index (χ3n) is 6.32. The number of pyridine rings is 2. The fourth-order valence-electron chi connectivity index (χ4n) is 4.45. The molecule has 0 saturated carbocycles. The monoisotopic (exact) mass is 423 g/mol. The van der Waals surface area contributed by atoms with Crippen molar-refractivity contribution < 1.29 is 4.39 Å². The lowest BCUT2D eigenvalue weighted by Crippen LogP contribution is -2.21. The Bertz CT molecular complexity index is 1430. The van der Waals surface area contributed by atoms with Gasteiger partial charge in [-0.15, -0.1) is 0 Å².